The highest BCUT2D eigenvalue weighted by atomic mass is 16.3. The molecule has 0 radical (unpaired) electrons. The number of nitrogens with zero attached hydrogens (tertiary/aromatic N) is 3. The minimum absolute atomic E-state index is 0.0718. The van der Waals surface area contributed by atoms with E-state index in [1.165, 1.54) is 0 Å². The van der Waals surface area contributed by atoms with Crippen molar-refractivity contribution in [1.29, 1.82) is 0 Å². The van der Waals surface area contributed by atoms with Crippen molar-refractivity contribution in [1.82, 2.24) is 20.0 Å². The van der Waals surface area contributed by atoms with Crippen LogP contribution in [0, 0.1) is 6.92 Å². The van der Waals surface area contributed by atoms with Gasteiger partial charge in [-0.2, -0.15) is 5.10 Å². The molecule has 2 heterocycles. The Hall–Kier alpha value is -1.89. The summed E-state index contributed by atoms with van der Waals surface area (Å²) in [4.78, 5) is 28.0. The molecule has 22 heavy (non-hydrogen) atoms. The van der Waals surface area contributed by atoms with Gasteiger partial charge in [-0.3, -0.25) is 14.7 Å². The van der Waals surface area contributed by atoms with Crippen molar-refractivity contribution in [2.45, 2.75) is 39.2 Å². The Morgan fingerprint density at radius 1 is 1.27 bits per heavy atom. The van der Waals surface area contributed by atoms with Gasteiger partial charge in [-0.05, 0) is 33.3 Å². The van der Waals surface area contributed by atoms with Crippen LogP contribution in [-0.4, -0.2) is 68.7 Å². The Bertz CT molecular complexity index is 547. The lowest BCUT2D eigenvalue weighted by atomic mass is 10.0. The van der Waals surface area contributed by atoms with E-state index in [0.717, 1.165) is 12.1 Å². The van der Waals surface area contributed by atoms with E-state index in [2.05, 4.69) is 10.2 Å². The van der Waals surface area contributed by atoms with E-state index < -0.39 is 5.60 Å². The van der Waals surface area contributed by atoms with Gasteiger partial charge in [0.05, 0.1) is 12.0 Å². The molecule has 2 rings (SSSR count). The predicted molar refractivity (Wildman–Crippen MR) is 81.3 cm³/mol. The van der Waals surface area contributed by atoms with Crippen LogP contribution in [0.15, 0.2) is 6.07 Å². The summed E-state index contributed by atoms with van der Waals surface area (Å²) in [6.45, 7) is 7.29. The molecule has 0 aliphatic carbocycles. The minimum atomic E-state index is -1.01. The second kappa shape index (κ2) is 6.48. The Balaban J connectivity index is 1.95. The van der Waals surface area contributed by atoms with Gasteiger partial charge in [-0.25, -0.2) is 0 Å². The van der Waals surface area contributed by atoms with E-state index in [4.69, 9.17) is 0 Å². The molecule has 1 saturated heterocycles. The molecule has 7 nitrogen and oxygen atoms in total. The summed E-state index contributed by atoms with van der Waals surface area (Å²) in [7, 11) is 0. The number of carbonyl (C=O) groups is 2. The third-order valence-corrected chi connectivity index (χ3v) is 3.64. The van der Waals surface area contributed by atoms with Crippen molar-refractivity contribution in [3.05, 3.63) is 17.5 Å². The smallest absolute Gasteiger partial charge is 0.274 e. The minimum Gasteiger partial charge on any atom is -0.390 e. The van der Waals surface area contributed by atoms with Crippen LogP contribution in [0.2, 0.25) is 0 Å². The number of rotatable bonds is 3. The number of amides is 2. The first kappa shape index (κ1) is 16.5. The molecule has 2 amide bonds. The maximum Gasteiger partial charge on any atom is 0.274 e. The van der Waals surface area contributed by atoms with Gasteiger partial charge in [0.2, 0.25) is 5.91 Å². The van der Waals surface area contributed by atoms with Gasteiger partial charge in [0, 0.05) is 31.9 Å². The van der Waals surface area contributed by atoms with Gasteiger partial charge in [-0.15, -0.1) is 0 Å². The first-order chi connectivity index (χ1) is 10.3. The molecule has 7 heteroatoms. The van der Waals surface area contributed by atoms with Gasteiger partial charge < -0.3 is 14.9 Å². The number of hydrogen-bond acceptors (Lipinski definition) is 4. The molecule has 1 aliphatic rings. The van der Waals surface area contributed by atoms with Gasteiger partial charge in [0.15, 0.2) is 0 Å². The number of hydrogen-bond donors (Lipinski definition) is 2. The van der Waals surface area contributed by atoms with Crippen molar-refractivity contribution >= 4 is 11.8 Å². The maximum absolute atomic E-state index is 12.4. The zero-order valence-electron chi connectivity index (χ0n) is 13.4. The van der Waals surface area contributed by atoms with Crippen molar-refractivity contribution in [3.63, 3.8) is 0 Å². The van der Waals surface area contributed by atoms with Crippen molar-refractivity contribution in [2.75, 3.05) is 26.2 Å². The quantitative estimate of drug-likeness (QED) is 0.853. The normalized spacial score (nSPS) is 16.5. The first-order valence-electron chi connectivity index (χ1n) is 7.58. The van der Waals surface area contributed by atoms with E-state index in [-0.39, 0.29) is 18.2 Å². The molecule has 0 aromatic carbocycles. The Morgan fingerprint density at radius 3 is 2.50 bits per heavy atom. The summed E-state index contributed by atoms with van der Waals surface area (Å²) in [5.41, 5.74) is 0.250. The van der Waals surface area contributed by atoms with Crippen LogP contribution in [0.25, 0.3) is 0 Å². The molecule has 1 aliphatic heterocycles. The van der Waals surface area contributed by atoms with Crippen LogP contribution in [0.3, 0.4) is 0 Å². The Labute approximate surface area is 130 Å². The largest absolute Gasteiger partial charge is 0.390 e. The SMILES string of the molecule is Cc1cc(C(=O)N2CCCN(C(=O)CC(C)(C)O)CC2)n[nH]1. The zero-order chi connectivity index (χ0) is 16.3. The average Bonchev–Trinajstić information content (AvgIpc) is 2.70. The molecule has 1 aromatic heterocycles. The molecule has 1 aromatic rings. The fraction of sp³-hybridized carbons (Fsp3) is 0.667. The van der Waals surface area contributed by atoms with E-state index in [0.29, 0.717) is 31.9 Å². The summed E-state index contributed by atoms with van der Waals surface area (Å²) in [5.74, 6) is -0.182. The lowest BCUT2D eigenvalue weighted by molar-refractivity contribution is -0.135. The summed E-state index contributed by atoms with van der Waals surface area (Å²) in [6.07, 6.45) is 0.826. The van der Waals surface area contributed by atoms with E-state index in [9.17, 15) is 14.7 Å². The number of aromatic nitrogens is 2. The second-order valence-electron chi connectivity index (χ2n) is 6.45. The Morgan fingerprint density at radius 2 is 1.91 bits per heavy atom. The van der Waals surface area contributed by atoms with Crippen molar-refractivity contribution in [2.24, 2.45) is 0 Å². The lowest BCUT2D eigenvalue weighted by Gasteiger charge is -2.25. The second-order valence-corrected chi connectivity index (χ2v) is 6.45. The Kier molecular flexibility index (Phi) is 4.85. The molecule has 0 atom stereocenters. The molecule has 0 spiro atoms. The van der Waals surface area contributed by atoms with E-state index >= 15 is 0 Å². The van der Waals surface area contributed by atoms with E-state index in [1.54, 1.807) is 29.7 Å². The monoisotopic (exact) mass is 308 g/mol. The highest BCUT2D eigenvalue weighted by Crippen LogP contribution is 2.13. The summed E-state index contributed by atoms with van der Waals surface area (Å²) >= 11 is 0. The molecule has 1 fully saturated rings. The van der Waals surface area contributed by atoms with Gasteiger partial charge in [0.25, 0.3) is 5.91 Å². The van der Waals surface area contributed by atoms with Crippen LogP contribution in [0.5, 0.6) is 0 Å². The number of H-pyrrole nitrogens is 1. The molecular formula is C15H24N4O3. The summed E-state index contributed by atoms with van der Waals surface area (Å²) in [6, 6.07) is 1.73. The number of nitrogens with one attached hydrogen (secondary N) is 1. The van der Waals surface area contributed by atoms with Crippen LogP contribution < -0.4 is 0 Å². The molecule has 122 valence electrons. The highest BCUT2D eigenvalue weighted by molar-refractivity contribution is 5.92. The highest BCUT2D eigenvalue weighted by Gasteiger charge is 2.26. The van der Waals surface area contributed by atoms with Crippen LogP contribution >= 0.6 is 0 Å². The van der Waals surface area contributed by atoms with Gasteiger partial charge in [0.1, 0.15) is 5.69 Å². The predicted octanol–water partition coefficient (Wildman–Crippen LogP) is 0.554. The van der Waals surface area contributed by atoms with Crippen LogP contribution in [-0.2, 0) is 4.79 Å². The fourth-order valence-corrected chi connectivity index (χ4v) is 2.54. The van der Waals surface area contributed by atoms with E-state index in [1.807, 2.05) is 6.92 Å². The molecule has 2 N–H and O–H groups in total. The maximum atomic E-state index is 12.4. The molecular weight excluding hydrogens is 284 g/mol. The number of carbonyl (C=O) groups excluding carboxylic acids is 2. The summed E-state index contributed by atoms with van der Waals surface area (Å²) < 4.78 is 0. The molecule has 0 unspecified atom stereocenters. The van der Waals surface area contributed by atoms with Gasteiger partial charge >= 0.3 is 0 Å². The lowest BCUT2D eigenvalue weighted by Crippen LogP contribution is -2.39. The third kappa shape index (κ3) is 4.30. The number of aliphatic hydroxyl groups is 1. The van der Waals surface area contributed by atoms with Crippen LogP contribution in [0.1, 0.15) is 42.9 Å². The number of aryl methyl sites for hydroxylation is 1. The fourth-order valence-electron chi connectivity index (χ4n) is 2.54. The van der Waals surface area contributed by atoms with Crippen LogP contribution in [0.4, 0.5) is 0 Å². The topological polar surface area (TPSA) is 89.5 Å². The summed E-state index contributed by atoms with van der Waals surface area (Å²) in [5, 5.41) is 16.5. The van der Waals surface area contributed by atoms with Gasteiger partial charge in [-0.1, -0.05) is 0 Å². The van der Waals surface area contributed by atoms with Crippen molar-refractivity contribution < 1.29 is 14.7 Å². The standard InChI is InChI=1S/C15H24N4O3/c1-11-9-12(17-16-11)14(21)19-6-4-5-18(7-8-19)13(20)10-15(2,3)22/h9,22H,4-8,10H2,1-3H3,(H,16,17). The average molecular weight is 308 g/mol. The first-order valence-corrected chi connectivity index (χ1v) is 7.58. The zero-order valence-corrected chi connectivity index (χ0v) is 13.4. The molecule has 0 bridgehead atoms. The van der Waals surface area contributed by atoms with Crippen molar-refractivity contribution in [3.8, 4) is 0 Å². The number of aromatic amines is 1. The third-order valence-electron chi connectivity index (χ3n) is 3.64. The molecule has 0 saturated carbocycles.